The molecule has 0 atom stereocenters. The number of ether oxygens (including phenoxy) is 1. The summed E-state index contributed by atoms with van der Waals surface area (Å²) in [7, 11) is 0. The van der Waals surface area contributed by atoms with E-state index in [2.05, 4.69) is 9.97 Å². The highest BCUT2D eigenvalue weighted by molar-refractivity contribution is 5.83. The number of aryl methyl sites for hydroxylation is 1. The van der Waals surface area contributed by atoms with Gasteiger partial charge in [-0.15, -0.1) is 0 Å². The van der Waals surface area contributed by atoms with Crippen LogP contribution in [0.25, 0.3) is 11.0 Å². The average molecular weight is 257 g/mol. The minimum absolute atomic E-state index is 0.139. The number of H-pyrrole nitrogens is 1. The summed E-state index contributed by atoms with van der Waals surface area (Å²) in [6.45, 7) is 1.93. The number of hydrogen-bond acceptors (Lipinski definition) is 3. The lowest BCUT2D eigenvalue weighted by Crippen LogP contribution is -1.92. The largest absolute Gasteiger partial charge is 0.453 e. The number of nitrogens with one attached hydrogen (secondary N) is 1. The van der Waals surface area contributed by atoms with Gasteiger partial charge in [0.15, 0.2) is 11.6 Å². The van der Waals surface area contributed by atoms with E-state index in [1.54, 1.807) is 18.3 Å². The van der Waals surface area contributed by atoms with E-state index in [4.69, 9.17) is 10.5 Å². The standard InChI is InChI=1S/C14H12FN3O/c1-8-6-10-12(4-5-17-14(10)18-8)19-13-3-2-9(16)7-11(13)15/h2-7H,16H2,1H3,(H,17,18). The van der Waals surface area contributed by atoms with Gasteiger partial charge in [0.25, 0.3) is 0 Å². The first kappa shape index (κ1) is 11.5. The fourth-order valence-electron chi connectivity index (χ4n) is 1.94. The summed E-state index contributed by atoms with van der Waals surface area (Å²) in [5.74, 6) is 0.204. The first-order valence-electron chi connectivity index (χ1n) is 5.81. The van der Waals surface area contributed by atoms with Gasteiger partial charge in [0.2, 0.25) is 0 Å². The molecule has 2 heterocycles. The van der Waals surface area contributed by atoms with Gasteiger partial charge in [-0.05, 0) is 31.2 Å². The summed E-state index contributed by atoms with van der Waals surface area (Å²) in [5, 5.41) is 0.816. The number of fused-ring (bicyclic) bond motifs is 1. The van der Waals surface area contributed by atoms with E-state index in [0.717, 1.165) is 11.1 Å². The minimum atomic E-state index is -0.489. The minimum Gasteiger partial charge on any atom is -0.453 e. The SMILES string of the molecule is Cc1cc2c(Oc3ccc(N)cc3F)ccnc2[nH]1. The summed E-state index contributed by atoms with van der Waals surface area (Å²) in [6, 6.07) is 7.95. The highest BCUT2D eigenvalue weighted by Gasteiger charge is 2.10. The van der Waals surface area contributed by atoms with E-state index in [1.807, 2.05) is 13.0 Å². The number of aromatic nitrogens is 2. The van der Waals surface area contributed by atoms with E-state index in [0.29, 0.717) is 17.1 Å². The Bertz CT molecular complexity index is 752. The Hall–Kier alpha value is -2.56. The van der Waals surface area contributed by atoms with Crippen LogP contribution in [0, 0.1) is 12.7 Å². The van der Waals surface area contributed by atoms with Gasteiger partial charge in [-0.25, -0.2) is 9.37 Å². The van der Waals surface area contributed by atoms with Crippen molar-refractivity contribution in [2.24, 2.45) is 0 Å². The Morgan fingerprint density at radius 1 is 1.21 bits per heavy atom. The molecule has 0 saturated carbocycles. The first-order valence-corrected chi connectivity index (χ1v) is 5.81. The summed E-state index contributed by atoms with van der Waals surface area (Å²) in [4.78, 5) is 7.30. The summed E-state index contributed by atoms with van der Waals surface area (Å²) < 4.78 is 19.3. The lowest BCUT2D eigenvalue weighted by molar-refractivity contribution is 0.446. The van der Waals surface area contributed by atoms with Crippen molar-refractivity contribution in [3.8, 4) is 11.5 Å². The Balaban J connectivity index is 2.05. The number of benzene rings is 1. The molecule has 2 aromatic heterocycles. The smallest absolute Gasteiger partial charge is 0.167 e. The average Bonchev–Trinajstić information content (AvgIpc) is 2.74. The molecule has 0 saturated heterocycles. The van der Waals surface area contributed by atoms with Crippen LogP contribution >= 0.6 is 0 Å². The Morgan fingerprint density at radius 3 is 2.84 bits per heavy atom. The van der Waals surface area contributed by atoms with E-state index < -0.39 is 5.82 Å². The normalized spacial score (nSPS) is 10.8. The molecular weight excluding hydrogens is 245 g/mol. The van der Waals surface area contributed by atoms with E-state index >= 15 is 0 Å². The Kier molecular flexibility index (Phi) is 2.59. The predicted octanol–water partition coefficient (Wildman–Crippen LogP) is 3.38. The fourth-order valence-corrected chi connectivity index (χ4v) is 1.94. The molecule has 0 radical (unpaired) electrons. The van der Waals surface area contributed by atoms with Gasteiger partial charge < -0.3 is 15.5 Å². The van der Waals surface area contributed by atoms with Crippen LogP contribution in [0.4, 0.5) is 10.1 Å². The molecule has 0 unspecified atom stereocenters. The van der Waals surface area contributed by atoms with Gasteiger partial charge >= 0.3 is 0 Å². The molecule has 96 valence electrons. The van der Waals surface area contributed by atoms with Crippen LogP contribution in [-0.2, 0) is 0 Å². The van der Waals surface area contributed by atoms with Crippen molar-refractivity contribution in [2.75, 3.05) is 5.73 Å². The van der Waals surface area contributed by atoms with Crippen molar-refractivity contribution in [2.45, 2.75) is 6.92 Å². The van der Waals surface area contributed by atoms with Crippen molar-refractivity contribution in [3.63, 3.8) is 0 Å². The highest BCUT2D eigenvalue weighted by Crippen LogP contribution is 2.31. The first-order chi connectivity index (χ1) is 9.13. The molecule has 0 fully saturated rings. The summed E-state index contributed by atoms with van der Waals surface area (Å²) in [6.07, 6.45) is 1.61. The highest BCUT2D eigenvalue weighted by atomic mass is 19.1. The van der Waals surface area contributed by atoms with E-state index in [9.17, 15) is 4.39 Å². The predicted molar refractivity (Wildman–Crippen MR) is 71.7 cm³/mol. The summed E-state index contributed by atoms with van der Waals surface area (Å²) >= 11 is 0. The number of anilines is 1. The molecule has 0 bridgehead atoms. The van der Waals surface area contributed by atoms with Crippen LogP contribution in [0.5, 0.6) is 11.5 Å². The molecule has 4 nitrogen and oxygen atoms in total. The lowest BCUT2D eigenvalue weighted by Gasteiger charge is -2.07. The zero-order chi connectivity index (χ0) is 13.4. The van der Waals surface area contributed by atoms with Gasteiger partial charge in [-0.3, -0.25) is 0 Å². The maximum atomic E-state index is 13.7. The van der Waals surface area contributed by atoms with Crippen LogP contribution in [0.15, 0.2) is 36.5 Å². The maximum Gasteiger partial charge on any atom is 0.167 e. The molecule has 0 spiro atoms. The van der Waals surface area contributed by atoms with Gasteiger partial charge in [0.05, 0.1) is 5.39 Å². The van der Waals surface area contributed by atoms with Gasteiger partial charge in [-0.1, -0.05) is 0 Å². The number of nitrogen functional groups attached to an aromatic ring is 1. The van der Waals surface area contributed by atoms with Crippen molar-refractivity contribution in [3.05, 3.63) is 48.0 Å². The van der Waals surface area contributed by atoms with Gasteiger partial charge in [0.1, 0.15) is 11.4 Å². The molecule has 3 rings (SSSR count). The van der Waals surface area contributed by atoms with Crippen LogP contribution in [-0.4, -0.2) is 9.97 Å². The molecule has 5 heteroatoms. The number of hydrogen-bond donors (Lipinski definition) is 2. The van der Waals surface area contributed by atoms with Crippen molar-refractivity contribution in [1.29, 1.82) is 0 Å². The van der Waals surface area contributed by atoms with Gasteiger partial charge in [-0.2, -0.15) is 0 Å². The second-order valence-electron chi connectivity index (χ2n) is 4.32. The molecule has 19 heavy (non-hydrogen) atoms. The third-order valence-electron chi connectivity index (χ3n) is 2.80. The Labute approximate surface area is 109 Å². The van der Waals surface area contributed by atoms with Crippen molar-refractivity contribution in [1.82, 2.24) is 9.97 Å². The number of nitrogens with zero attached hydrogens (tertiary/aromatic N) is 1. The van der Waals surface area contributed by atoms with Crippen LogP contribution in [0.2, 0.25) is 0 Å². The van der Waals surface area contributed by atoms with Crippen LogP contribution in [0.1, 0.15) is 5.69 Å². The molecular formula is C14H12FN3O. The number of rotatable bonds is 2. The maximum absolute atomic E-state index is 13.7. The van der Waals surface area contributed by atoms with Gasteiger partial charge in [0, 0.05) is 23.6 Å². The zero-order valence-corrected chi connectivity index (χ0v) is 10.3. The molecule has 1 aromatic carbocycles. The number of pyridine rings is 1. The van der Waals surface area contributed by atoms with Crippen LogP contribution in [0.3, 0.4) is 0 Å². The molecule has 0 amide bonds. The topological polar surface area (TPSA) is 63.9 Å². The second-order valence-corrected chi connectivity index (χ2v) is 4.32. The second kappa shape index (κ2) is 4.28. The quantitative estimate of drug-likeness (QED) is 0.692. The lowest BCUT2D eigenvalue weighted by atomic mass is 10.2. The third-order valence-corrected chi connectivity index (χ3v) is 2.80. The molecule has 0 aliphatic rings. The number of aromatic amines is 1. The summed E-state index contributed by atoms with van der Waals surface area (Å²) in [5.41, 5.74) is 7.55. The Morgan fingerprint density at radius 2 is 2.05 bits per heavy atom. The third kappa shape index (κ3) is 2.10. The van der Waals surface area contributed by atoms with Crippen molar-refractivity contribution >= 4 is 16.7 Å². The number of halogens is 1. The molecule has 0 aliphatic carbocycles. The van der Waals surface area contributed by atoms with Crippen LogP contribution < -0.4 is 10.5 Å². The van der Waals surface area contributed by atoms with Crippen molar-refractivity contribution < 1.29 is 9.13 Å². The monoisotopic (exact) mass is 257 g/mol. The number of nitrogens with two attached hydrogens (primary N) is 1. The van der Waals surface area contributed by atoms with E-state index in [1.165, 1.54) is 12.1 Å². The molecule has 3 N–H and O–H groups in total. The fraction of sp³-hybridized carbons (Fsp3) is 0.0714. The molecule has 0 aliphatic heterocycles. The van der Waals surface area contributed by atoms with E-state index in [-0.39, 0.29) is 5.75 Å². The molecule has 3 aromatic rings. The zero-order valence-electron chi connectivity index (χ0n) is 10.3.